The minimum absolute atomic E-state index is 1.13. The molecule has 0 aromatic heterocycles. The van der Waals surface area contributed by atoms with Crippen LogP contribution >= 0.6 is 0 Å². The van der Waals surface area contributed by atoms with E-state index in [1.165, 1.54) is 27.8 Å². The second-order valence-corrected chi connectivity index (χ2v) is 10.0. The first-order chi connectivity index (χ1) is 17.9. The van der Waals surface area contributed by atoms with Crippen LogP contribution in [-0.4, -0.2) is 0 Å². The van der Waals surface area contributed by atoms with Gasteiger partial charge in [-0.25, -0.2) is 0 Å². The molecule has 0 heterocycles. The van der Waals surface area contributed by atoms with Crippen LogP contribution in [-0.2, 0) is 0 Å². The fourth-order valence-corrected chi connectivity index (χ4v) is 4.82. The van der Waals surface area contributed by atoms with Gasteiger partial charge in [0.2, 0.25) is 0 Å². The molecule has 37 heavy (non-hydrogen) atoms. The molecule has 0 aliphatic rings. The Hall–Kier alpha value is -4.30. The zero-order valence-corrected chi connectivity index (χ0v) is 22.4. The Labute approximate surface area is 221 Å². The number of hydrogen-bond donors (Lipinski definition) is 0. The minimum Gasteiger partial charge on any atom is -0.310 e. The van der Waals surface area contributed by atoms with Gasteiger partial charge in [-0.3, -0.25) is 0 Å². The Morgan fingerprint density at radius 3 is 1.05 bits per heavy atom. The summed E-state index contributed by atoms with van der Waals surface area (Å²) in [4.78, 5) is 4.71. The molecule has 0 saturated carbocycles. The highest BCUT2D eigenvalue weighted by atomic mass is 15.2. The van der Waals surface area contributed by atoms with Gasteiger partial charge in [-0.05, 0) is 118 Å². The summed E-state index contributed by atoms with van der Waals surface area (Å²) in [5.74, 6) is 0. The quantitative estimate of drug-likeness (QED) is 0.237. The molecule has 0 bridgehead atoms. The second kappa shape index (κ2) is 10.4. The lowest BCUT2D eigenvalue weighted by Crippen LogP contribution is -2.14. The maximum absolute atomic E-state index is 2.35. The van der Waals surface area contributed by atoms with E-state index in [4.69, 9.17) is 0 Å². The van der Waals surface area contributed by atoms with Crippen molar-refractivity contribution in [1.82, 2.24) is 0 Å². The number of nitrogens with zero attached hydrogens (tertiary/aromatic N) is 2. The molecular weight excluding hydrogens is 448 g/mol. The molecule has 0 saturated heterocycles. The van der Waals surface area contributed by atoms with Gasteiger partial charge in [0.1, 0.15) is 0 Å². The summed E-state index contributed by atoms with van der Waals surface area (Å²) in [6.45, 7) is 10.7. The summed E-state index contributed by atoms with van der Waals surface area (Å²) in [5, 5.41) is 0. The van der Waals surface area contributed by atoms with Crippen molar-refractivity contribution in [3.05, 3.63) is 143 Å². The molecule has 0 N–H and O–H groups in total. The topological polar surface area (TPSA) is 6.48 Å². The molecule has 0 unspecified atom stereocenters. The molecule has 5 aromatic rings. The van der Waals surface area contributed by atoms with Crippen LogP contribution in [0, 0.1) is 34.6 Å². The largest absolute Gasteiger partial charge is 0.310 e. The van der Waals surface area contributed by atoms with Crippen molar-refractivity contribution in [2.24, 2.45) is 0 Å². The highest BCUT2D eigenvalue weighted by Gasteiger charge is 2.18. The van der Waals surface area contributed by atoms with Crippen molar-refractivity contribution in [2.45, 2.75) is 34.6 Å². The molecule has 0 radical (unpaired) electrons. The lowest BCUT2D eigenvalue weighted by molar-refractivity contribution is 1.22. The number of anilines is 6. The molecule has 0 aliphatic heterocycles. The first-order valence-corrected chi connectivity index (χ1v) is 12.9. The Morgan fingerprint density at radius 2 is 0.676 bits per heavy atom. The van der Waals surface area contributed by atoms with Crippen LogP contribution < -0.4 is 9.80 Å². The summed E-state index contributed by atoms with van der Waals surface area (Å²) in [6, 6.07) is 41.8. The molecule has 0 amide bonds. The summed E-state index contributed by atoms with van der Waals surface area (Å²) in [7, 11) is 0. The van der Waals surface area contributed by atoms with Gasteiger partial charge in [0.05, 0.1) is 0 Å². The van der Waals surface area contributed by atoms with Crippen molar-refractivity contribution in [1.29, 1.82) is 0 Å². The van der Waals surface area contributed by atoms with Gasteiger partial charge in [0, 0.05) is 34.1 Å². The van der Waals surface area contributed by atoms with Crippen LogP contribution in [0.1, 0.15) is 27.8 Å². The standard InChI is InChI=1S/C35H34N2/c1-25-12-16-30(17-13-25)36(32-10-6-8-27(3)20-32)34-22-29(5)23-35(24-34)37(31-18-14-26(2)15-19-31)33-11-7-9-28(4)21-33/h6-24H,1-5H3. The average molecular weight is 483 g/mol. The van der Waals surface area contributed by atoms with Gasteiger partial charge in [0.15, 0.2) is 0 Å². The average Bonchev–Trinajstić information content (AvgIpc) is 2.87. The van der Waals surface area contributed by atoms with Gasteiger partial charge in [-0.1, -0.05) is 59.7 Å². The second-order valence-electron chi connectivity index (χ2n) is 10.0. The molecule has 184 valence electrons. The van der Waals surface area contributed by atoms with E-state index in [1.54, 1.807) is 0 Å². The molecule has 5 rings (SSSR count). The van der Waals surface area contributed by atoms with Gasteiger partial charge >= 0.3 is 0 Å². The van der Waals surface area contributed by atoms with Gasteiger partial charge in [-0.15, -0.1) is 0 Å². The van der Waals surface area contributed by atoms with Crippen LogP contribution in [0.25, 0.3) is 0 Å². The smallest absolute Gasteiger partial charge is 0.0485 e. The van der Waals surface area contributed by atoms with Crippen LogP contribution in [0.15, 0.2) is 115 Å². The Balaban J connectivity index is 1.71. The van der Waals surface area contributed by atoms with Crippen molar-refractivity contribution in [2.75, 3.05) is 9.80 Å². The van der Waals surface area contributed by atoms with Crippen LogP contribution in [0.5, 0.6) is 0 Å². The minimum atomic E-state index is 1.13. The molecule has 0 spiro atoms. The zero-order valence-electron chi connectivity index (χ0n) is 22.4. The predicted molar refractivity (Wildman–Crippen MR) is 159 cm³/mol. The monoisotopic (exact) mass is 482 g/mol. The Kier molecular flexibility index (Phi) is 6.83. The van der Waals surface area contributed by atoms with Crippen molar-refractivity contribution in [3.8, 4) is 0 Å². The van der Waals surface area contributed by atoms with Crippen LogP contribution in [0.3, 0.4) is 0 Å². The van der Waals surface area contributed by atoms with Crippen molar-refractivity contribution >= 4 is 34.1 Å². The van der Waals surface area contributed by atoms with E-state index in [0.717, 1.165) is 34.1 Å². The number of rotatable bonds is 6. The summed E-state index contributed by atoms with van der Waals surface area (Å²) in [6.07, 6.45) is 0. The molecule has 2 heteroatoms. The fourth-order valence-electron chi connectivity index (χ4n) is 4.82. The maximum atomic E-state index is 2.35. The molecule has 5 aromatic carbocycles. The van der Waals surface area contributed by atoms with Gasteiger partial charge in [0.25, 0.3) is 0 Å². The highest BCUT2D eigenvalue weighted by molar-refractivity contribution is 5.83. The first-order valence-electron chi connectivity index (χ1n) is 12.9. The van der Waals surface area contributed by atoms with Crippen LogP contribution in [0.4, 0.5) is 34.1 Å². The summed E-state index contributed by atoms with van der Waals surface area (Å²) >= 11 is 0. The van der Waals surface area contributed by atoms with E-state index in [9.17, 15) is 0 Å². The molecular formula is C35H34N2. The van der Waals surface area contributed by atoms with E-state index < -0.39 is 0 Å². The summed E-state index contributed by atoms with van der Waals surface area (Å²) in [5.41, 5.74) is 13.1. The van der Waals surface area contributed by atoms with E-state index in [2.05, 4.69) is 160 Å². The van der Waals surface area contributed by atoms with E-state index >= 15 is 0 Å². The van der Waals surface area contributed by atoms with Crippen molar-refractivity contribution in [3.63, 3.8) is 0 Å². The zero-order chi connectivity index (χ0) is 25.9. The molecule has 0 fully saturated rings. The third-order valence-electron chi connectivity index (χ3n) is 6.67. The Morgan fingerprint density at radius 1 is 0.297 bits per heavy atom. The number of aryl methyl sites for hydroxylation is 5. The van der Waals surface area contributed by atoms with Gasteiger partial charge < -0.3 is 9.80 Å². The van der Waals surface area contributed by atoms with Crippen LogP contribution in [0.2, 0.25) is 0 Å². The SMILES string of the molecule is Cc1ccc(N(c2cccc(C)c2)c2cc(C)cc(N(c3ccc(C)cc3)c3cccc(C)c3)c2)cc1. The third kappa shape index (κ3) is 5.44. The van der Waals surface area contributed by atoms with Gasteiger partial charge in [-0.2, -0.15) is 0 Å². The third-order valence-corrected chi connectivity index (χ3v) is 6.67. The lowest BCUT2D eigenvalue weighted by atomic mass is 10.1. The van der Waals surface area contributed by atoms with Crippen molar-refractivity contribution < 1.29 is 0 Å². The maximum Gasteiger partial charge on any atom is 0.0485 e. The number of hydrogen-bond acceptors (Lipinski definition) is 2. The lowest BCUT2D eigenvalue weighted by Gasteiger charge is -2.30. The normalized spacial score (nSPS) is 10.8. The Bertz CT molecular complexity index is 1400. The predicted octanol–water partition coefficient (Wildman–Crippen LogP) is 10.2. The van der Waals surface area contributed by atoms with E-state index in [-0.39, 0.29) is 0 Å². The molecule has 0 atom stereocenters. The fraction of sp³-hybridized carbons (Fsp3) is 0.143. The molecule has 0 aliphatic carbocycles. The molecule has 2 nitrogen and oxygen atoms in total. The highest BCUT2D eigenvalue weighted by Crippen LogP contribution is 2.41. The number of benzene rings is 5. The first kappa shape index (κ1) is 24.4. The van der Waals surface area contributed by atoms with E-state index in [0.29, 0.717) is 0 Å². The summed E-state index contributed by atoms with van der Waals surface area (Å²) < 4.78 is 0. The van der Waals surface area contributed by atoms with E-state index in [1.807, 2.05) is 0 Å².